The number of aromatic nitrogens is 1. The number of hydrogen-bond donors (Lipinski definition) is 3. The van der Waals surface area contributed by atoms with E-state index in [1.165, 1.54) is 24.4 Å². The van der Waals surface area contributed by atoms with Crippen molar-refractivity contribution in [3.05, 3.63) is 46.7 Å². The predicted octanol–water partition coefficient (Wildman–Crippen LogP) is 2.71. The summed E-state index contributed by atoms with van der Waals surface area (Å²) in [6, 6.07) is 5.33. The van der Waals surface area contributed by atoms with Crippen LogP contribution < -0.4 is 5.32 Å². The molecule has 6 heteroatoms. The van der Waals surface area contributed by atoms with Crippen LogP contribution in [0.5, 0.6) is 11.5 Å². The van der Waals surface area contributed by atoms with Gasteiger partial charge >= 0.3 is 0 Å². The largest absolute Gasteiger partial charge is 0.508 e. The summed E-state index contributed by atoms with van der Waals surface area (Å²) in [7, 11) is 0. The zero-order chi connectivity index (χ0) is 14.0. The molecule has 1 aromatic heterocycles. The second kappa shape index (κ2) is 5.16. The molecule has 1 heterocycles. The minimum absolute atomic E-state index is 0.0191. The van der Waals surface area contributed by atoms with Crippen LogP contribution in [0.25, 0.3) is 0 Å². The van der Waals surface area contributed by atoms with E-state index in [4.69, 9.17) is 11.6 Å². The lowest BCUT2D eigenvalue weighted by atomic mass is 10.1. The third-order valence-corrected chi connectivity index (χ3v) is 2.76. The van der Waals surface area contributed by atoms with Crippen LogP contribution in [-0.4, -0.2) is 21.1 Å². The Bertz CT molecular complexity index is 644. The molecule has 0 bridgehead atoms. The molecule has 5 nitrogen and oxygen atoms in total. The van der Waals surface area contributed by atoms with Gasteiger partial charge in [0.2, 0.25) is 0 Å². The SMILES string of the molecule is Cc1cc(Cl)ncc1NC(=O)c1cc(O)ccc1O. The van der Waals surface area contributed by atoms with Crippen molar-refractivity contribution in [3.63, 3.8) is 0 Å². The summed E-state index contributed by atoms with van der Waals surface area (Å²) in [5.74, 6) is -0.857. The standard InChI is InChI=1S/C13H11ClN2O3/c1-7-4-12(14)15-6-10(7)16-13(19)9-5-8(17)2-3-11(9)18/h2-6,17-18H,1H3,(H,16,19). The minimum atomic E-state index is -0.541. The number of aryl methyl sites for hydroxylation is 1. The average Bonchev–Trinajstić information content (AvgIpc) is 2.35. The normalized spacial score (nSPS) is 10.2. The van der Waals surface area contributed by atoms with Crippen LogP contribution in [0.1, 0.15) is 15.9 Å². The number of pyridine rings is 1. The van der Waals surface area contributed by atoms with Crippen molar-refractivity contribution in [2.45, 2.75) is 6.92 Å². The van der Waals surface area contributed by atoms with Gasteiger partial charge in [0, 0.05) is 0 Å². The van der Waals surface area contributed by atoms with Crippen LogP contribution in [0.15, 0.2) is 30.5 Å². The number of phenols is 2. The van der Waals surface area contributed by atoms with Crippen molar-refractivity contribution in [3.8, 4) is 11.5 Å². The smallest absolute Gasteiger partial charge is 0.259 e. The zero-order valence-electron chi connectivity index (χ0n) is 10.0. The van der Waals surface area contributed by atoms with Gasteiger partial charge in [0.1, 0.15) is 16.7 Å². The second-order valence-corrected chi connectivity index (χ2v) is 4.36. The van der Waals surface area contributed by atoms with Gasteiger partial charge in [-0.25, -0.2) is 4.98 Å². The highest BCUT2D eigenvalue weighted by Gasteiger charge is 2.13. The van der Waals surface area contributed by atoms with Gasteiger partial charge in [-0.2, -0.15) is 0 Å². The molecule has 1 aromatic carbocycles. The fourth-order valence-electron chi connectivity index (χ4n) is 1.55. The van der Waals surface area contributed by atoms with Gasteiger partial charge in [-0.15, -0.1) is 0 Å². The molecule has 2 aromatic rings. The molecule has 0 saturated heterocycles. The molecule has 1 amide bonds. The van der Waals surface area contributed by atoms with Gasteiger partial charge in [0.05, 0.1) is 17.4 Å². The van der Waals surface area contributed by atoms with Gasteiger partial charge in [-0.1, -0.05) is 11.6 Å². The Balaban J connectivity index is 2.28. The van der Waals surface area contributed by atoms with E-state index in [0.29, 0.717) is 10.8 Å². The first kappa shape index (κ1) is 13.2. The van der Waals surface area contributed by atoms with E-state index in [9.17, 15) is 15.0 Å². The van der Waals surface area contributed by atoms with Crippen molar-refractivity contribution in [1.29, 1.82) is 0 Å². The lowest BCUT2D eigenvalue weighted by molar-refractivity contribution is 0.102. The molecule has 0 atom stereocenters. The number of aromatic hydroxyl groups is 2. The van der Waals surface area contributed by atoms with Gasteiger partial charge in [-0.05, 0) is 36.8 Å². The molecule has 0 spiro atoms. The van der Waals surface area contributed by atoms with Gasteiger partial charge < -0.3 is 15.5 Å². The number of hydrogen-bond acceptors (Lipinski definition) is 4. The predicted molar refractivity (Wildman–Crippen MR) is 71.7 cm³/mol. The summed E-state index contributed by atoms with van der Waals surface area (Å²) >= 11 is 5.72. The third kappa shape index (κ3) is 2.95. The molecule has 0 radical (unpaired) electrons. The van der Waals surface area contributed by atoms with Crippen molar-refractivity contribution in [2.75, 3.05) is 5.32 Å². The Kier molecular flexibility index (Phi) is 3.57. The van der Waals surface area contributed by atoms with Crippen molar-refractivity contribution < 1.29 is 15.0 Å². The molecule has 19 heavy (non-hydrogen) atoms. The Morgan fingerprint density at radius 3 is 2.74 bits per heavy atom. The molecule has 2 rings (SSSR count). The maximum Gasteiger partial charge on any atom is 0.259 e. The average molecular weight is 279 g/mol. The second-order valence-electron chi connectivity index (χ2n) is 3.98. The van der Waals surface area contributed by atoms with Crippen LogP contribution in [-0.2, 0) is 0 Å². The topological polar surface area (TPSA) is 82.5 Å². The van der Waals surface area contributed by atoms with Crippen LogP contribution >= 0.6 is 11.6 Å². The van der Waals surface area contributed by atoms with E-state index in [2.05, 4.69) is 10.3 Å². The van der Waals surface area contributed by atoms with E-state index in [-0.39, 0.29) is 17.1 Å². The molecular weight excluding hydrogens is 268 g/mol. The molecule has 0 unspecified atom stereocenters. The molecule has 0 aliphatic carbocycles. The number of amides is 1. The molecule has 0 saturated carbocycles. The lowest BCUT2D eigenvalue weighted by Gasteiger charge is -2.09. The first-order valence-electron chi connectivity index (χ1n) is 5.43. The fraction of sp³-hybridized carbons (Fsp3) is 0.0769. The van der Waals surface area contributed by atoms with E-state index < -0.39 is 5.91 Å². The van der Waals surface area contributed by atoms with E-state index >= 15 is 0 Å². The number of nitrogens with zero attached hydrogens (tertiary/aromatic N) is 1. The van der Waals surface area contributed by atoms with Crippen molar-refractivity contribution in [2.24, 2.45) is 0 Å². The van der Waals surface area contributed by atoms with Crippen molar-refractivity contribution >= 4 is 23.2 Å². The Morgan fingerprint density at radius 1 is 1.32 bits per heavy atom. The number of rotatable bonds is 2. The first-order valence-corrected chi connectivity index (χ1v) is 5.80. The van der Waals surface area contributed by atoms with Gasteiger partial charge in [-0.3, -0.25) is 4.79 Å². The summed E-state index contributed by atoms with van der Waals surface area (Å²) in [6.07, 6.45) is 1.43. The third-order valence-electron chi connectivity index (χ3n) is 2.55. The number of carbonyl (C=O) groups excluding carboxylic acids is 1. The molecule has 98 valence electrons. The molecule has 3 N–H and O–H groups in total. The zero-order valence-corrected chi connectivity index (χ0v) is 10.8. The highest BCUT2D eigenvalue weighted by molar-refractivity contribution is 6.29. The Hall–Kier alpha value is -2.27. The Labute approximate surface area is 114 Å². The first-order chi connectivity index (χ1) is 8.97. The van der Waals surface area contributed by atoms with Crippen LogP contribution in [0.3, 0.4) is 0 Å². The van der Waals surface area contributed by atoms with Crippen LogP contribution in [0.2, 0.25) is 5.15 Å². The summed E-state index contributed by atoms with van der Waals surface area (Å²) < 4.78 is 0. The fourth-order valence-corrected chi connectivity index (χ4v) is 1.76. The summed E-state index contributed by atoms with van der Waals surface area (Å²) in [4.78, 5) is 15.8. The maximum atomic E-state index is 12.0. The number of phenolic OH excluding ortho intramolecular Hbond substituents is 2. The molecule has 0 aliphatic rings. The number of anilines is 1. The van der Waals surface area contributed by atoms with Crippen LogP contribution in [0.4, 0.5) is 5.69 Å². The summed E-state index contributed by atoms with van der Waals surface area (Å²) in [6.45, 7) is 1.77. The lowest BCUT2D eigenvalue weighted by Crippen LogP contribution is -2.13. The quantitative estimate of drug-likeness (QED) is 0.583. The monoisotopic (exact) mass is 278 g/mol. The maximum absolute atomic E-state index is 12.0. The highest BCUT2D eigenvalue weighted by atomic mass is 35.5. The van der Waals surface area contributed by atoms with Crippen molar-refractivity contribution in [1.82, 2.24) is 4.98 Å². The van der Waals surface area contributed by atoms with Gasteiger partial charge in [0.25, 0.3) is 5.91 Å². The number of carbonyl (C=O) groups is 1. The Morgan fingerprint density at radius 2 is 2.05 bits per heavy atom. The number of nitrogens with one attached hydrogen (secondary N) is 1. The number of halogens is 1. The van der Waals surface area contributed by atoms with E-state index in [0.717, 1.165) is 5.56 Å². The van der Waals surface area contributed by atoms with E-state index in [1.807, 2.05) is 0 Å². The summed E-state index contributed by atoms with van der Waals surface area (Å²) in [5.41, 5.74) is 1.21. The number of benzene rings is 1. The summed E-state index contributed by atoms with van der Waals surface area (Å²) in [5, 5.41) is 21.8. The molecule has 0 aliphatic heterocycles. The van der Waals surface area contributed by atoms with E-state index in [1.54, 1.807) is 13.0 Å². The molecular formula is C13H11ClN2O3. The molecule has 0 fully saturated rings. The van der Waals surface area contributed by atoms with Gasteiger partial charge in [0.15, 0.2) is 0 Å². The minimum Gasteiger partial charge on any atom is -0.508 e. The van der Waals surface area contributed by atoms with Crippen LogP contribution in [0, 0.1) is 6.92 Å². The highest BCUT2D eigenvalue weighted by Crippen LogP contribution is 2.24.